The Morgan fingerprint density at radius 3 is 2.79 bits per heavy atom. The average molecular weight is 406 g/mol. The zero-order chi connectivity index (χ0) is 19.1. The predicted octanol–water partition coefficient (Wildman–Crippen LogP) is 5.47. The Kier molecular flexibility index (Phi) is 4.49. The lowest BCUT2D eigenvalue weighted by atomic mass is 10.1. The number of hydrogen-bond donors (Lipinski definition) is 0. The summed E-state index contributed by atoms with van der Waals surface area (Å²) in [6, 6.07) is 10.4. The van der Waals surface area contributed by atoms with Crippen molar-refractivity contribution in [3.63, 3.8) is 0 Å². The molecule has 140 valence electrons. The van der Waals surface area contributed by atoms with Gasteiger partial charge in [0.1, 0.15) is 21.5 Å². The lowest BCUT2D eigenvalue weighted by molar-refractivity contribution is 0.681. The van der Waals surface area contributed by atoms with Gasteiger partial charge in [-0.15, -0.1) is 28.1 Å². The lowest BCUT2D eigenvalue weighted by Gasteiger charge is -2.09. The first kappa shape index (κ1) is 17.6. The van der Waals surface area contributed by atoms with Crippen molar-refractivity contribution in [3.8, 4) is 11.1 Å². The van der Waals surface area contributed by atoms with Crippen molar-refractivity contribution >= 4 is 33.3 Å². The fourth-order valence-corrected chi connectivity index (χ4v) is 5.40. The summed E-state index contributed by atoms with van der Waals surface area (Å²) in [5, 5.41) is 14.0. The van der Waals surface area contributed by atoms with E-state index in [1.165, 1.54) is 24.0 Å². The number of allylic oxidation sites excluding steroid dienone is 1. The van der Waals surface area contributed by atoms with Gasteiger partial charge in [-0.3, -0.25) is 0 Å². The molecule has 0 amide bonds. The molecule has 1 fully saturated rings. The third-order valence-electron chi connectivity index (χ3n) is 4.78. The molecule has 1 aliphatic carbocycles. The Morgan fingerprint density at radius 1 is 1.21 bits per heavy atom. The Bertz CT molecular complexity index is 1160. The van der Waals surface area contributed by atoms with Crippen LogP contribution in [0.1, 0.15) is 30.4 Å². The molecular formula is C21H19N5S2. The Balaban J connectivity index is 1.63. The number of aryl methyl sites for hydroxylation is 1. The van der Waals surface area contributed by atoms with Gasteiger partial charge in [0, 0.05) is 23.4 Å². The normalized spacial score (nSPS) is 13.9. The minimum atomic E-state index is 0.537. The van der Waals surface area contributed by atoms with E-state index >= 15 is 0 Å². The maximum atomic E-state index is 4.78. The molecular weight excluding hydrogens is 386 g/mol. The third-order valence-corrected chi connectivity index (χ3v) is 6.63. The number of hydrogen-bond acceptors (Lipinski definition) is 6. The first-order valence-electron chi connectivity index (χ1n) is 9.27. The van der Waals surface area contributed by atoms with Crippen molar-refractivity contribution in [2.75, 3.05) is 0 Å². The molecule has 0 unspecified atom stereocenters. The van der Waals surface area contributed by atoms with Gasteiger partial charge in [0.25, 0.3) is 0 Å². The second kappa shape index (κ2) is 7.14. The zero-order valence-corrected chi connectivity index (χ0v) is 17.1. The first-order valence-corrected chi connectivity index (χ1v) is 11.0. The summed E-state index contributed by atoms with van der Waals surface area (Å²) in [5.74, 6) is 2.38. The summed E-state index contributed by atoms with van der Waals surface area (Å²) in [6.07, 6.45) is 4.29. The van der Waals surface area contributed by atoms with Crippen LogP contribution in [0.2, 0.25) is 0 Å². The lowest BCUT2D eigenvalue weighted by Crippen LogP contribution is -2.03. The molecule has 1 aromatic carbocycles. The van der Waals surface area contributed by atoms with Gasteiger partial charge in [0.15, 0.2) is 5.16 Å². The molecule has 5 rings (SSSR count). The molecule has 0 aliphatic heterocycles. The molecule has 28 heavy (non-hydrogen) atoms. The van der Waals surface area contributed by atoms with E-state index < -0.39 is 0 Å². The number of aromatic nitrogens is 5. The maximum Gasteiger partial charge on any atom is 0.197 e. The van der Waals surface area contributed by atoms with Gasteiger partial charge in [-0.25, -0.2) is 9.97 Å². The average Bonchev–Trinajstić information content (AvgIpc) is 3.34. The highest BCUT2D eigenvalue weighted by atomic mass is 32.2. The van der Waals surface area contributed by atoms with Crippen molar-refractivity contribution in [1.29, 1.82) is 0 Å². The van der Waals surface area contributed by atoms with Crippen LogP contribution in [-0.2, 0) is 6.54 Å². The van der Waals surface area contributed by atoms with E-state index in [9.17, 15) is 0 Å². The Morgan fingerprint density at radius 2 is 2.04 bits per heavy atom. The fourth-order valence-electron chi connectivity index (χ4n) is 3.32. The molecule has 0 saturated heterocycles. The van der Waals surface area contributed by atoms with Crippen LogP contribution in [0.25, 0.3) is 21.3 Å². The van der Waals surface area contributed by atoms with Crippen LogP contribution < -0.4 is 0 Å². The maximum absolute atomic E-state index is 4.78. The molecule has 4 aromatic rings. The molecule has 3 aromatic heterocycles. The number of rotatable bonds is 6. The van der Waals surface area contributed by atoms with Gasteiger partial charge < -0.3 is 4.57 Å². The standard InChI is InChI=1S/C21H19N5S2/c1-3-11-26-18(15-9-10-15)24-25-21(26)28-20-17-16(14-7-5-4-6-8-14)12-27-19(17)22-13(2)23-20/h3-8,12,15H,1,9-11H2,2H3. The SMILES string of the molecule is C=CCn1c(Sc2nc(C)nc3scc(-c4ccccc4)c23)nnc1C1CC1. The quantitative estimate of drug-likeness (QED) is 0.314. The topological polar surface area (TPSA) is 56.5 Å². The Hall–Kier alpha value is -2.51. The van der Waals surface area contributed by atoms with Gasteiger partial charge >= 0.3 is 0 Å². The molecule has 0 bridgehead atoms. The number of benzene rings is 1. The molecule has 5 nitrogen and oxygen atoms in total. The van der Waals surface area contributed by atoms with E-state index in [1.807, 2.05) is 19.1 Å². The largest absolute Gasteiger partial charge is 0.302 e. The van der Waals surface area contributed by atoms with Crippen LogP contribution in [-0.4, -0.2) is 24.7 Å². The van der Waals surface area contributed by atoms with E-state index in [-0.39, 0.29) is 0 Å². The van der Waals surface area contributed by atoms with Gasteiger partial charge in [0.2, 0.25) is 0 Å². The van der Waals surface area contributed by atoms with Crippen molar-refractivity contribution in [2.24, 2.45) is 0 Å². The highest BCUT2D eigenvalue weighted by Gasteiger charge is 2.30. The van der Waals surface area contributed by atoms with Crippen molar-refractivity contribution in [2.45, 2.75) is 42.4 Å². The van der Waals surface area contributed by atoms with E-state index in [0.717, 1.165) is 32.0 Å². The summed E-state index contributed by atoms with van der Waals surface area (Å²) in [6.45, 7) is 6.56. The summed E-state index contributed by atoms with van der Waals surface area (Å²) in [7, 11) is 0. The predicted molar refractivity (Wildman–Crippen MR) is 114 cm³/mol. The van der Waals surface area contributed by atoms with E-state index in [1.54, 1.807) is 23.1 Å². The van der Waals surface area contributed by atoms with Crippen LogP contribution in [0.3, 0.4) is 0 Å². The van der Waals surface area contributed by atoms with Crippen molar-refractivity contribution < 1.29 is 0 Å². The van der Waals surface area contributed by atoms with Gasteiger partial charge in [0.05, 0.1) is 5.39 Å². The second-order valence-corrected chi connectivity index (χ2v) is 8.70. The number of fused-ring (bicyclic) bond motifs is 1. The van der Waals surface area contributed by atoms with E-state index in [0.29, 0.717) is 12.5 Å². The van der Waals surface area contributed by atoms with Crippen LogP contribution in [0.15, 0.2) is 58.5 Å². The number of thiophene rings is 1. The monoisotopic (exact) mass is 405 g/mol. The summed E-state index contributed by atoms with van der Waals surface area (Å²) in [5.41, 5.74) is 2.34. The molecule has 1 aliphatic rings. The Labute approximate surface area is 171 Å². The minimum absolute atomic E-state index is 0.537. The summed E-state index contributed by atoms with van der Waals surface area (Å²) >= 11 is 3.23. The molecule has 0 radical (unpaired) electrons. The van der Waals surface area contributed by atoms with E-state index in [2.05, 4.69) is 56.0 Å². The number of nitrogens with zero attached hydrogens (tertiary/aromatic N) is 5. The van der Waals surface area contributed by atoms with Gasteiger partial charge in [-0.2, -0.15) is 0 Å². The smallest absolute Gasteiger partial charge is 0.197 e. The molecule has 0 spiro atoms. The first-order chi connectivity index (χ1) is 13.7. The molecule has 0 atom stereocenters. The molecule has 3 heterocycles. The molecule has 7 heteroatoms. The van der Waals surface area contributed by atoms with Crippen LogP contribution >= 0.6 is 23.1 Å². The van der Waals surface area contributed by atoms with Crippen LogP contribution in [0, 0.1) is 6.92 Å². The van der Waals surface area contributed by atoms with Crippen LogP contribution in [0.4, 0.5) is 0 Å². The summed E-state index contributed by atoms with van der Waals surface area (Å²) < 4.78 is 2.17. The van der Waals surface area contributed by atoms with E-state index in [4.69, 9.17) is 4.98 Å². The van der Waals surface area contributed by atoms with Crippen molar-refractivity contribution in [1.82, 2.24) is 24.7 Å². The van der Waals surface area contributed by atoms with Gasteiger partial charge in [-0.1, -0.05) is 36.4 Å². The summed E-state index contributed by atoms with van der Waals surface area (Å²) in [4.78, 5) is 10.4. The molecule has 0 N–H and O–H groups in total. The van der Waals surface area contributed by atoms with Crippen molar-refractivity contribution in [3.05, 3.63) is 60.0 Å². The van der Waals surface area contributed by atoms with Crippen LogP contribution in [0.5, 0.6) is 0 Å². The molecule has 1 saturated carbocycles. The highest BCUT2D eigenvalue weighted by Crippen LogP contribution is 2.43. The third kappa shape index (κ3) is 3.14. The second-order valence-electron chi connectivity index (χ2n) is 6.89. The fraction of sp³-hybridized carbons (Fsp3) is 0.238. The zero-order valence-electron chi connectivity index (χ0n) is 15.5. The minimum Gasteiger partial charge on any atom is -0.302 e. The van der Waals surface area contributed by atoms with Gasteiger partial charge in [-0.05, 0) is 37.1 Å². The highest BCUT2D eigenvalue weighted by molar-refractivity contribution is 7.99.